The van der Waals surface area contributed by atoms with Gasteiger partial charge in [0.2, 0.25) is 0 Å². The van der Waals surface area contributed by atoms with E-state index in [9.17, 15) is 13.6 Å². The molecule has 0 bridgehead atoms. The largest absolute Gasteiger partial charge is 0.478 e. The highest BCUT2D eigenvalue weighted by Crippen LogP contribution is 2.29. The average Bonchev–Trinajstić information content (AvgIpc) is 2.27. The Morgan fingerprint density at radius 1 is 1.59 bits per heavy atom. The van der Waals surface area contributed by atoms with E-state index in [1.807, 2.05) is 0 Å². The molecule has 0 amide bonds. The molecule has 0 aliphatic rings. The van der Waals surface area contributed by atoms with Gasteiger partial charge in [-0.25, -0.2) is 4.79 Å². The number of rotatable bonds is 4. The number of ether oxygens (including phenoxy) is 1. The van der Waals surface area contributed by atoms with Crippen LogP contribution >= 0.6 is 0 Å². The van der Waals surface area contributed by atoms with Crippen LogP contribution < -0.4 is 4.74 Å². The topological polar surface area (TPSA) is 70.3 Å². The van der Waals surface area contributed by atoms with E-state index in [1.165, 1.54) is 12.1 Å². The number of carboxylic acid groups (broad SMARTS) is 1. The first-order chi connectivity index (χ1) is 8.01. The van der Waals surface area contributed by atoms with Crippen LogP contribution in [0.4, 0.5) is 8.78 Å². The first kappa shape index (κ1) is 12.9. The minimum Gasteiger partial charge on any atom is -0.478 e. The molecule has 0 saturated carbocycles. The van der Waals surface area contributed by atoms with Gasteiger partial charge in [-0.3, -0.25) is 0 Å². The third-order valence-corrected chi connectivity index (χ3v) is 2.17. The third-order valence-electron chi connectivity index (χ3n) is 2.17. The van der Waals surface area contributed by atoms with Gasteiger partial charge in [-0.15, -0.1) is 0 Å². The van der Waals surface area contributed by atoms with Crippen LogP contribution in [0.2, 0.25) is 0 Å². The van der Waals surface area contributed by atoms with Crippen molar-refractivity contribution in [3.05, 3.63) is 28.8 Å². The van der Waals surface area contributed by atoms with E-state index >= 15 is 0 Å². The van der Waals surface area contributed by atoms with Gasteiger partial charge in [-0.2, -0.15) is 14.0 Å². The lowest BCUT2D eigenvalue weighted by atomic mass is 10.0. The molecule has 17 heavy (non-hydrogen) atoms. The second kappa shape index (κ2) is 5.25. The highest BCUT2D eigenvalue weighted by Gasteiger charge is 2.22. The number of aryl methyl sites for hydroxylation is 1. The van der Waals surface area contributed by atoms with E-state index in [0.29, 0.717) is 12.0 Å². The number of hydrogen-bond acceptors (Lipinski definition) is 3. The normalized spacial score (nSPS) is 10.1. The summed E-state index contributed by atoms with van der Waals surface area (Å²) >= 11 is 0. The van der Waals surface area contributed by atoms with Gasteiger partial charge < -0.3 is 9.84 Å². The van der Waals surface area contributed by atoms with E-state index < -0.39 is 18.3 Å². The van der Waals surface area contributed by atoms with Crippen LogP contribution in [0.1, 0.15) is 28.4 Å². The van der Waals surface area contributed by atoms with Crippen LogP contribution in [0.15, 0.2) is 12.1 Å². The van der Waals surface area contributed by atoms with E-state index in [0.717, 1.165) is 0 Å². The van der Waals surface area contributed by atoms with Crippen molar-refractivity contribution >= 4 is 5.97 Å². The Hall–Kier alpha value is -2.16. The highest BCUT2D eigenvalue weighted by molar-refractivity contribution is 5.93. The van der Waals surface area contributed by atoms with E-state index in [2.05, 4.69) is 4.74 Å². The maximum absolute atomic E-state index is 12.2. The molecule has 1 N–H and O–H groups in total. The molecule has 1 aromatic rings. The van der Waals surface area contributed by atoms with E-state index in [-0.39, 0.29) is 11.1 Å². The molecule has 0 spiro atoms. The maximum atomic E-state index is 12.2. The van der Waals surface area contributed by atoms with Gasteiger partial charge in [0.25, 0.3) is 0 Å². The number of halogens is 2. The van der Waals surface area contributed by atoms with Gasteiger partial charge in [0, 0.05) is 0 Å². The third kappa shape index (κ3) is 2.69. The molecule has 0 saturated heterocycles. The summed E-state index contributed by atoms with van der Waals surface area (Å²) in [6.45, 7) is -1.49. The minimum atomic E-state index is -3.17. The second-order valence-corrected chi connectivity index (χ2v) is 3.13. The number of carbonyl (C=O) groups is 1. The zero-order valence-corrected chi connectivity index (χ0v) is 8.91. The summed E-state index contributed by atoms with van der Waals surface area (Å²) in [6, 6.07) is 4.31. The molecular weight excluding hydrogens is 232 g/mol. The molecule has 0 heterocycles. The Balaban J connectivity index is 3.48. The predicted octanol–water partition coefficient (Wildman–Crippen LogP) is 2.42. The van der Waals surface area contributed by atoms with Crippen molar-refractivity contribution in [3.8, 4) is 11.8 Å². The molecule has 1 aromatic carbocycles. The van der Waals surface area contributed by atoms with Crippen LogP contribution in [-0.4, -0.2) is 17.7 Å². The van der Waals surface area contributed by atoms with Crippen molar-refractivity contribution in [2.24, 2.45) is 0 Å². The predicted molar refractivity (Wildman–Crippen MR) is 54.1 cm³/mol. The quantitative estimate of drug-likeness (QED) is 0.878. The first-order valence-electron chi connectivity index (χ1n) is 4.75. The summed E-state index contributed by atoms with van der Waals surface area (Å²) in [5.41, 5.74) is -0.265. The summed E-state index contributed by atoms with van der Waals surface area (Å²) in [5, 5.41) is 17.7. The van der Waals surface area contributed by atoms with Gasteiger partial charge >= 0.3 is 12.6 Å². The smallest absolute Gasteiger partial charge is 0.387 e. The summed E-state index contributed by atoms with van der Waals surface area (Å²) in [5.74, 6) is -1.97. The van der Waals surface area contributed by atoms with Crippen molar-refractivity contribution < 1.29 is 23.4 Å². The molecule has 90 valence electrons. The summed E-state index contributed by atoms with van der Waals surface area (Å²) in [6.07, 6.45) is 0.340. The summed E-state index contributed by atoms with van der Waals surface area (Å²) in [4.78, 5) is 11.0. The molecule has 0 aromatic heterocycles. The fraction of sp³-hybridized carbons (Fsp3) is 0.273. The number of nitriles is 1. The molecule has 1 rings (SSSR count). The van der Waals surface area contributed by atoms with Crippen LogP contribution in [0.3, 0.4) is 0 Å². The summed E-state index contributed by atoms with van der Waals surface area (Å²) in [7, 11) is 0. The van der Waals surface area contributed by atoms with Gasteiger partial charge in [0.15, 0.2) is 5.75 Å². The van der Waals surface area contributed by atoms with Crippen molar-refractivity contribution in [1.82, 2.24) is 0 Å². The SMILES string of the molecule is CCc1ccc(C#N)c(OC(F)F)c1C(=O)O. The Bertz CT molecular complexity index is 480. The Morgan fingerprint density at radius 2 is 2.24 bits per heavy atom. The van der Waals surface area contributed by atoms with Gasteiger partial charge in [0.1, 0.15) is 11.6 Å². The van der Waals surface area contributed by atoms with Crippen molar-refractivity contribution in [3.63, 3.8) is 0 Å². The van der Waals surface area contributed by atoms with Crippen LogP contribution in [0, 0.1) is 11.3 Å². The van der Waals surface area contributed by atoms with Crippen LogP contribution in [-0.2, 0) is 6.42 Å². The number of nitrogens with zero attached hydrogens (tertiary/aromatic N) is 1. The van der Waals surface area contributed by atoms with Crippen molar-refractivity contribution in [2.45, 2.75) is 20.0 Å². The molecule has 0 fully saturated rings. The lowest BCUT2D eigenvalue weighted by molar-refractivity contribution is -0.0505. The van der Waals surface area contributed by atoms with Crippen LogP contribution in [0.25, 0.3) is 0 Å². The molecule has 4 nitrogen and oxygen atoms in total. The molecule has 6 heteroatoms. The summed E-state index contributed by atoms with van der Waals surface area (Å²) < 4.78 is 28.5. The monoisotopic (exact) mass is 241 g/mol. The second-order valence-electron chi connectivity index (χ2n) is 3.13. The molecule has 0 aliphatic heterocycles. The van der Waals surface area contributed by atoms with Crippen LogP contribution in [0.5, 0.6) is 5.75 Å². The zero-order chi connectivity index (χ0) is 13.0. The fourth-order valence-electron chi connectivity index (χ4n) is 1.45. The highest BCUT2D eigenvalue weighted by atomic mass is 19.3. The number of carboxylic acids is 1. The molecular formula is C11H9F2NO3. The van der Waals surface area contributed by atoms with Gasteiger partial charge in [0.05, 0.1) is 5.56 Å². The molecule has 0 atom stereocenters. The van der Waals surface area contributed by atoms with Gasteiger partial charge in [-0.05, 0) is 18.1 Å². The number of alkyl halides is 2. The van der Waals surface area contributed by atoms with Gasteiger partial charge in [-0.1, -0.05) is 13.0 Å². The Labute approximate surface area is 96.0 Å². The number of aromatic carboxylic acids is 1. The van der Waals surface area contributed by atoms with E-state index in [4.69, 9.17) is 10.4 Å². The number of benzene rings is 1. The Kier molecular flexibility index (Phi) is 3.99. The lowest BCUT2D eigenvalue weighted by Gasteiger charge is -2.12. The Morgan fingerprint density at radius 3 is 2.65 bits per heavy atom. The first-order valence-corrected chi connectivity index (χ1v) is 4.75. The van der Waals surface area contributed by atoms with Crippen molar-refractivity contribution in [2.75, 3.05) is 0 Å². The maximum Gasteiger partial charge on any atom is 0.387 e. The zero-order valence-electron chi connectivity index (χ0n) is 8.91. The average molecular weight is 241 g/mol. The minimum absolute atomic E-state index is 0.222. The standard InChI is InChI=1S/C11H9F2NO3/c1-2-6-3-4-7(5-14)9(17-11(12)13)8(6)10(15)16/h3-4,11H,2H2,1H3,(H,15,16). The van der Waals surface area contributed by atoms with E-state index in [1.54, 1.807) is 13.0 Å². The molecule has 0 aliphatic carbocycles. The molecule has 0 unspecified atom stereocenters. The number of hydrogen-bond donors (Lipinski definition) is 1. The fourth-order valence-corrected chi connectivity index (χ4v) is 1.45. The lowest BCUT2D eigenvalue weighted by Crippen LogP contribution is -2.11. The van der Waals surface area contributed by atoms with Crippen molar-refractivity contribution in [1.29, 1.82) is 5.26 Å². The molecule has 0 radical (unpaired) electrons.